The van der Waals surface area contributed by atoms with Crippen molar-refractivity contribution in [3.05, 3.63) is 65.6 Å². The van der Waals surface area contributed by atoms with Crippen LogP contribution in [0.3, 0.4) is 0 Å². The standard InChI is InChI=1S/C17H16FN3/c1-11-7-3-6-10-15(11)21-17(19)16(12(2)20-21)13-8-4-5-9-14(13)18/h3-10H,19H2,1-2H3. The molecule has 1 aromatic heterocycles. The Balaban J connectivity index is 2.23. The van der Waals surface area contributed by atoms with Crippen molar-refractivity contribution in [2.45, 2.75) is 13.8 Å². The molecule has 3 rings (SSSR count). The predicted octanol–water partition coefficient (Wildman–Crippen LogP) is 3.88. The second-order valence-electron chi connectivity index (χ2n) is 5.02. The van der Waals surface area contributed by atoms with Crippen molar-refractivity contribution in [1.82, 2.24) is 9.78 Å². The topological polar surface area (TPSA) is 43.8 Å². The summed E-state index contributed by atoms with van der Waals surface area (Å²) in [4.78, 5) is 0. The fourth-order valence-corrected chi connectivity index (χ4v) is 2.53. The number of benzene rings is 2. The van der Waals surface area contributed by atoms with Gasteiger partial charge in [-0.15, -0.1) is 0 Å². The fraction of sp³-hybridized carbons (Fsp3) is 0.118. The Hall–Kier alpha value is -2.62. The molecule has 0 atom stereocenters. The molecule has 0 amide bonds. The van der Waals surface area contributed by atoms with Gasteiger partial charge in [-0.05, 0) is 31.5 Å². The van der Waals surface area contributed by atoms with Crippen LogP contribution in [0.5, 0.6) is 0 Å². The lowest BCUT2D eigenvalue weighted by Gasteiger charge is -2.08. The van der Waals surface area contributed by atoms with E-state index in [4.69, 9.17) is 5.73 Å². The molecule has 0 radical (unpaired) electrons. The number of nitrogens with zero attached hydrogens (tertiary/aromatic N) is 2. The molecule has 0 saturated heterocycles. The van der Waals surface area contributed by atoms with Gasteiger partial charge in [0.05, 0.1) is 11.4 Å². The minimum atomic E-state index is -0.295. The van der Waals surface area contributed by atoms with Crippen LogP contribution in [-0.4, -0.2) is 9.78 Å². The van der Waals surface area contributed by atoms with Gasteiger partial charge in [-0.2, -0.15) is 5.10 Å². The summed E-state index contributed by atoms with van der Waals surface area (Å²) in [5.74, 6) is 0.156. The summed E-state index contributed by atoms with van der Waals surface area (Å²) >= 11 is 0. The maximum atomic E-state index is 14.0. The van der Waals surface area contributed by atoms with Gasteiger partial charge in [0.1, 0.15) is 11.6 Å². The fourth-order valence-electron chi connectivity index (χ4n) is 2.53. The van der Waals surface area contributed by atoms with E-state index in [1.54, 1.807) is 22.9 Å². The minimum absolute atomic E-state index is 0.295. The Bertz CT molecular complexity index is 806. The number of anilines is 1. The molecule has 0 aliphatic rings. The molecule has 3 nitrogen and oxygen atoms in total. The highest BCUT2D eigenvalue weighted by Gasteiger charge is 2.18. The molecule has 106 valence electrons. The number of nitrogens with two attached hydrogens (primary N) is 1. The highest BCUT2D eigenvalue weighted by Crippen LogP contribution is 2.33. The molecule has 0 saturated carbocycles. The van der Waals surface area contributed by atoms with E-state index < -0.39 is 0 Å². The van der Waals surface area contributed by atoms with Crippen molar-refractivity contribution < 1.29 is 4.39 Å². The normalized spacial score (nSPS) is 10.8. The van der Waals surface area contributed by atoms with Crippen LogP contribution in [0.1, 0.15) is 11.3 Å². The number of halogens is 1. The predicted molar refractivity (Wildman–Crippen MR) is 82.8 cm³/mol. The van der Waals surface area contributed by atoms with Gasteiger partial charge >= 0.3 is 0 Å². The average molecular weight is 281 g/mol. The highest BCUT2D eigenvalue weighted by molar-refractivity contribution is 5.78. The first-order valence-corrected chi connectivity index (χ1v) is 6.75. The van der Waals surface area contributed by atoms with E-state index in [1.165, 1.54) is 6.07 Å². The number of rotatable bonds is 2. The molecule has 2 N–H and O–H groups in total. The quantitative estimate of drug-likeness (QED) is 0.774. The number of hydrogen-bond acceptors (Lipinski definition) is 2. The van der Waals surface area contributed by atoms with Crippen LogP contribution < -0.4 is 5.73 Å². The number of hydrogen-bond donors (Lipinski definition) is 1. The lowest BCUT2D eigenvalue weighted by atomic mass is 10.1. The monoisotopic (exact) mass is 281 g/mol. The molecular formula is C17H16FN3. The van der Waals surface area contributed by atoms with Gasteiger partial charge in [-0.25, -0.2) is 9.07 Å². The number of aryl methyl sites for hydroxylation is 2. The van der Waals surface area contributed by atoms with Gasteiger partial charge < -0.3 is 5.73 Å². The maximum absolute atomic E-state index is 14.0. The van der Waals surface area contributed by atoms with Crippen molar-refractivity contribution in [2.24, 2.45) is 0 Å². The van der Waals surface area contributed by atoms with Crippen molar-refractivity contribution in [1.29, 1.82) is 0 Å². The summed E-state index contributed by atoms with van der Waals surface area (Å²) in [7, 11) is 0. The molecule has 3 aromatic rings. The molecule has 0 aliphatic carbocycles. The number of para-hydroxylation sites is 1. The summed E-state index contributed by atoms with van der Waals surface area (Å²) < 4.78 is 15.7. The Labute approximate surface area is 122 Å². The van der Waals surface area contributed by atoms with Crippen molar-refractivity contribution in [3.63, 3.8) is 0 Å². The van der Waals surface area contributed by atoms with Crippen LogP contribution in [0, 0.1) is 19.7 Å². The second-order valence-corrected chi connectivity index (χ2v) is 5.02. The van der Waals surface area contributed by atoms with Gasteiger partial charge in [0.25, 0.3) is 0 Å². The third-order valence-corrected chi connectivity index (χ3v) is 3.58. The largest absolute Gasteiger partial charge is 0.383 e. The van der Waals surface area contributed by atoms with Crippen LogP contribution in [0.25, 0.3) is 16.8 Å². The Morgan fingerprint density at radius 1 is 1.00 bits per heavy atom. The summed E-state index contributed by atoms with van der Waals surface area (Å²) in [6, 6.07) is 14.4. The first kappa shape index (κ1) is 13.4. The second kappa shape index (κ2) is 5.05. The zero-order chi connectivity index (χ0) is 15.0. The smallest absolute Gasteiger partial charge is 0.135 e. The third kappa shape index (κ3) is 2.18. The zero-order valence-corrected chi connectivity index (χ0v) is 12.0. The van der Waals surface area contributed by atoms with Gasteiger partial charge in [0.2, 0.25) is 0 Å². The van der Waals surface area contributed by atoms with Crippen LogP contribution >= 0.6 is 0 Å². The summed E-state index contributed by atoms with van der Waals surface area (Å²) in [5, 5.41) is 4.48. The van der Waals surface area contributed by atoms with E-state index in [0.717, 1.165) is 11.3 Å². The molecule has 21 heavy (non-hydrogen) atoms. The first-order chi connectivity index (χ1) is 10.1. The number of nitrogen functional groups attached to an aromatic ring is 1. The van der Waals surface area contributed by atoms with Crippen LogP contribution in [0.4, 0.5) is 10.2 Å². The first-order valence-electron chi connectivity index (χ1n) is 6.75. The van der Waals surface area contributed by atoms with Crippen molar-refractivity contribution in [3.8, 4) is 16.8 Å². The summed E-state index contributed by atoms with van der Waals surface area (Å²) in [6.07, 6.45) is 0. The molecule has 0 aliphatic heterocycles. The Morgan fingerprint density at radius 2 is 1.67 bits per heavy atom. The van der Waals surface area contributed by atoms with Gasteiger partial charge in [0.15, 0.2) is 0 Å². The molecule has 0 spiro atoms. The van der Waals surface area contributed by atoms with Crippen LogP contribution in [0.2, 0.25) is 0 Å². The lowest BCUT2D eigenvalue weighted by molar-refractivity contribution is 0.631. The van der Waals surface area contributed by atoms with Gasteiger partial charge in [-0.1, -0.05) is 36.4 Å². The molecule has 0 bridgehead atoms. The number of aromatic nitrogens is 2. The zero-order valence-electron chi connectivity index (χ0n) is 12.0. The van der Waals surface area contributed by atoms with E-state index in [9.17, 15) is 4.39 Å². The van der Waals surface area contributed by atoms with Gasteiger partial charge in [0, 0.05) is 11.1 Å². The van der Waals surface area contributed by atoms with Crippen molar-refractivity contribution in [2.75, 3.05) is 5.73 Å². The molecule has 1 heterocycles. The Morgan fingerprint density at radius 3 is 2.38 bits per heavy atom. The Kier molecular flexibility index (Phi) is 3.22. The molecule has 0 unspecified atom stereocenters. The van der Waals surface area contributed by atoms with Crippen molar-refractivity contribution >= 4 is 5.82 Å². The van der Waals surface area contributed by atoms with Gasteiger partial charge in [-0.3, -0.25) is 0 Å². The van der Waals surface area contributed by atoms with Crippen LogP contribution in [-0.2, 0) is 0 Å². The lowest BCUT2D eigenvalue weighted by Crippen LogP contribution is -2.04. The van der Waals surface area contributed by atoms with E-state index in [-0.39, 0.29) is 5.82 Å². The molecular weight excluding hydrogens is 265 g/mol. The molecule has 4 heteroatoms. The third-order valence-electron chi connectivity index (χ3n) is 3.58. The van der Waals surface area contributed by atoms with E-state index in [1.807, 2.05) is 38.1 Å². The van der Waals surface area contributed by atoms with E-state index >= 15 is 0 Å². The molecule has 2 aromatic carbocycles. The van der Waals surface area contributed by atoms with Crippen LogP contribution in [0.15, 0.2) is 48.5 Å². The average Bonchev–Trinajstić information content (AvgIpc) is 2.75. The summed E-state index contributed by atoms with van der Waals surface area (Å²) in [6.45, 7) is 3.83. The maximum Gasteiger partial charge on any atom is 0.135 e. The SMILES string of the molecule is Cc1ccccc1-n1nc(C)c(-c2ccccc2F)c1N. The summed E-state index contributed by atoms with van der Waals surface area (Å²) in [5.41, 5.74) is 10.0. The highest BCUT2D eigenvalue weighted by atomic mass is 19.1. The minimum Gasteiger partial charge on any atom is -0.383 e. The van der Waals surface area contributed by atoms with E-state index in [0.29, 0.717) is 22.6 Å². The van der Waals surface area contributed by atoms with E-state index in [2.05, 4.69) is 5.10 Å². The molecule has 0 fully saturated rings.